The van der Waals surface area contributed by atoms with Gasteiger partial charge in [-0.05, 0) is 38.1 Å². The number of nitrogens with zero attached hydrogens (tertiary/aromatic N) is 2. The van der Waals surface area contributed by atoms with E-state index in [0.717, 1.165) is 38.8 Å². The van der Waals surface area contributed by atoms with Crippen LogP contribution >= 0.6 is 0 Å². The van der Waals surface area contributed by atoms with Gasteiger partial charge in [-0.1, -0.05) is 5.16 Å². The first-order chi connectivity index (χ1) is 10.7. The zero-order valence-electron chi connectivity index (χ0n) is 12.6. The van der Waals surface area contributed by atoms with E-state index in [0.29, 0.717) is 24.7 Å². The Hall–Kier alpha value is -1.89. The van der Waals surface area contributed by atoms with Crippen molar-refractivity contribution in [2.45, 2.75) is 31.7 Å². The van der Waals surface area contributed by atoms with Gasteiger partial charge in [0, 0.05) is 25.7 Å². The Bertz CT molecular complexity index is 511. The highest BCUT2D eigenvalue weighted by Crippen LogP contribution is 2.18. The molecule has 2 N–H and O–H groups in total. The molecule has 7 heteroatoms. The van der Waals surface area contributed by atoms with Crippen molar-refractivity contribution in [3.63, 3.8) is 0 Å². The molecule has 1 aromatic heterocycles. The average Bonchev–Trinajstić information content (AvgIpc) is 3.25. The Labute approximate surface area is 129 Å². The first-order valence-corrected chi connectivity index (χ1v) is 7.95. The minimum Gasteiger partial charge on any atom is -0.364 e. The van der Waals surface area contributed by atoms with Crippen LogP contribution < -0.4 is 10.6 Å². The highest BCUT2D eigenvalue weighted by molar-refractivity contribution is 5.92. The minimum absolute atomic E-state index is 0.0449. The highest BCUT2D eigenvalue weighted by atomic mass is 16.5. The fourth-order valence-electron chi connectivity index (χ4n) is 3.18. The molecule has 3 heterocycles. The molecule has 0 bridgehead atoms. The standard InChI is InChI=1S/C15H22N4O3/c20-14(12-4-1-6-16-12)17-9-11-3-2-7-19(10-11)15(21)13-5-8-22-18-13/h5,8,11-12,16H,1-4,6-7,9-10H2,(H,17,20). The molecule has 3 rings (SSSR count). The summed E-state index contributed by atoms with van der Waals surface area (Å²) >= 11 is 0. The van der Waals surface area contributed by atoms with E-state index >= 15 is 0 Å². The van der Waals surface area contributed by atoms with Crippen LogP contribution in [0.15, 0.2) is 16.9 Å². The van der Waals surface area contributed by atoms with Crippen molar-refractivity contribution in [2.24, 2.45) is 5.92 Å². The Balaban J connectivity index is 1.48. The lowest BCUT2D eigenvalue weighted by Crippen LogP contribution is -2.46. The van der Waals surface area contributed by atoms with Crippen LogP contribution in [0.5, 0.6) is 0 Å². The maximum absolute atomic E-state index is 12.3. The molecule has 120 valence electrons. The quantitative estimate of drug-likeness (QED) is 0.840. The summed E-state index contributed by atoms with van der Waals surface area (Å²) in [5.41, 5.74) is 0.347. The maximum Gasteiger partial charge on any atom is 0.276 e. The lowest BCUT2D eigenvalue weighted by molar-refractivity contribution is -0.123. The summed E-state index contributed by atoms with van der Waals surface area (Å²) in [5, 5.41) is 9.91. The first kappa shape index (κ1) is 15.0. The van der Waals surface area contributed by atoms with Gasteiger partial charge in [-0.2, -0.15) is 0 Å². The fraction of sp³-hybridized carbons (Fsp3) is 0.667. The third kappa shape index (κ3) is 3.47. The van der Waals surface area contributed by atoms with Crippen molar-refractivity contribution >= 4 is 11.8 Å². The Kier molecular flexibility index (Phi) is 4.72. The molecule has 2 unspecified atom stereocenters. The zero-order chi connectivity index (χ0) is 15.4. The third-order valence-corrected chi connectivity index (χ3v) is 4.40. The number of aromatic nitrogens is 1. The van der Waals surface area contributed by atoms with Crippen LogP contribution in [0.25, 0.3) is 0 Å². The summed E-state index contributed by atoms with van der Waals surface area (Å²) in [6.07, 6.45) is 5.35. The normalized spacial score (nSPS) is 25.2. The molecule has 0 saturated carbocycles. The third-order valence-electron chi connectivity index (χ3n) is 4.40. The van der Waals surface area contributed by atoms with Crippen LogP contribution in [0.3, 0.4) is 0 Å². The van der Waals surface area contributed by atoms with Gasteiger partial charge in [-0.3, -0.25) is 9.59 Å². The molecule has 2 saturated heterocycles. The SMILES string of the molecule is O=C(NCC1CCCN(C(=O)c2ccon2)C1)C1CCCN1. The number of hydrogen-bond acceptors (Lipinski definition) is 5. The van der Waals surface area contributed by atoms with Gasteiger partial charge in [0.05, 0.1) is 6.04 Å². The molecular weight excluding hydrogens is 284 g/mol. The average molecular weight is 306 g/mol. The van der Waals surface area contributed by atoms with Crippen LogP contribution in [-0.2, 0) is 4.79 Å². The predicted octanol–water partition coefficient (Wildman–Crippen LogP) is 0.395. The Morgan fingerprint density at radius 3 is 3.05 bits per heavy atom. The van der Waals surface area contributed by atoms with Crippen LogP contribution in [0, 0.1) is 5.92 Å². The second kappa shape index (κ2) is 6.91. The predicted molar refractivity (Wildman–Crippen MR) is 79.2 cm³/mol. The summed E-state index contributed by atoms with van der Waals surface area (Å²) in [4.78, 5) is 26.1. The number of piperidine rings is 1. The number of carbonyl (C=O) groups is 2. The lowest BCUT2D eigenvalue weighted by atomic mass is 9.97. The minimum atomic E-state index is -0.0952. The molecule has 2 aliphatic heterocycles. The highest BCUT2D eigenvalue weighted by Gasteiger charge is 2.27. The molecule has 2 amide bonds. The number of rotatable bonds is 4. The van der Waals surface area contributed by atoms with Crippen LogP contribution in [0.1, 0.15) is 36.2 Å². The van der Waals surface area contributed by atoms with Gasteiger partial charge >= 0.3 is 0 Å². The lowest BCUT2D eigenvalue weighted by Gasteiger charge is -2.32. The zero-order valence-corrected chi connectivity index (χ0v) is 12.6. The van der Waals surface area contributed by atoms with Crippen LogP contribution in [0.2, 0.25) is 0 Å². The molecule has 0 spiro atoms. The van der Waals surface area contributed by atoms with Gasteiger partial charge < -0.3 is 20.1 Å². The first-order valence-electron chi connectivity index (χ1n) is 7.95. The molecule has 0 radical (unpaired) electrons. The molecule has 2 atom stereocenters. The summed E-state index contributed by atoms with van der Waals surface area (Å²) in [6, 6.07) is 1.54. The van der Waals surface area contributed by atoms with Gasteiger partial charge in [0.2, 0.25) is 5.91 Å². The fourth-order valence-corrected chi connectivity index (χ4v) is 3.18. The van der Waals surface area contributed by atoms with Gasteiger partial charge in [-0.15, -0.1) is 0 Å². The molecule has 2 aliphatic rings. The number of hydrogen-bond donors (Lipinski definition) is 2. The molecule has 2 fully saturated rings. The van der Waals surface area contributed by atoms with Crippen molar-refractivity contribution < 1.29 is 14.1 Å². The van der Waals surface area contributed by atoms with Gasteiger partial charge in [0.15, 0.2) is 5.69 Å². The van der Waals surface area contributed by atoms with Crippen LogP contribution in [-0.4, -0.2) is 54.1 Å². The number of nitrogens with one attached hydrogen (secondary N) is 2. The van der Waals surface area contributed by atoms with Crippen molar-refractivity contribution in [2.75, 3.05) is 26.2 Å². The van der Waals surface area contributed by atoms with E-state index in [1.807, 2.05) is 0 Å². The number of likely N-dealkylation sites (tertiary alicyclic amines) is 1. The van der Waals surface area contributed by atoms with E-state index in [1.165, 1.54) is 6.26 Å². The van der Waals surface area contributed by atoms with E-state index in [-0.39, 0.29) is 17.9 Å². The van der Waals surface area contributed by atoms with Crippen molar-refractivity contribution in [3.8, 4) is 0 Å². The van der Waals surface area contributed by atoms with Crippen molar-refractivity contribution in [1.29, 1.82) is 0 Å². The van der Waals surface area contributed by atoms with E-state index in [9.17, 15) is 9.59 Å². The van der Waals surface area contributed by atoms with E-state index in [4.69, 9.17) is 4.52 Å². The molecule has 1 aromatic rings. The van der Waals surface area contributed by atoms with E-state index in [1.54, 1.807) is 11.0 Å². The maximum atomic E-state index is 12.3. The molecular formula is C15H22N4O3. The summed E-state index contributed by atoms with van der Waals surface area (Å²) in [6.45, 7) is 2.94. The number of amides is 2. The molecule has 22 heavy (non-hydrogen) atoms. The second-order valence-electron chi connectivity index (χ2n) is 6.04. The number of carbonyl (C=O) groups excluding carboxylic acids is 2. The summed E-state index contributed by atoms with van der Waals surface area (Å²) < 4.78 is 4.73. The monoisotopic (exact) mass is 306 g/mol. The van der Waals surface area contributed by atoms with E-state index in [2.05, 4.69) is 15.8 Å². The second-order valence-corrected chi connectivity index (χ2v) is 6.04. The molecule has 0 aromatic carbocycles. The molecule has 0 aliphatic carbocycles. The summed E-state index contributed by atoms with van der Waals surface area (Å²) in [5.74, 6) is 0.287. The van der Waals surface area contributed by atoms with Gasteiger partial charge in [0.1, 0.15) is 6.26 Å². The molecule has 7 nitrogen and oxygen atoms in total. The summed E-state index contributed by atoms with van der Waals surface area (Å²) in [7, 11) is 0. The largest absolute Gasteiger partial charge is 0.364 e. The van der Waals surface area contributed by atoms with Crippen molar-refractivity contribution in [1.82, 2.24) is 20.7 Å². The van der Waals surface area contributed by atoms with Crippen molar-refractivity contribution in [3.05, 3.63) is 18.0 Å². The Morgan fingerprint density at radius 1 is 1.41 bits per heavy atom. The Morgan fingerprint density at radius 2 is 2.32 bits per heavy atom. The topological polar surface area (TPSA) is 87.5 Å². The van der Waals surface area contributed by atoms with Crippen LogP contribution in [0.4, 0.5) is 0 Å². The van der Waals surface area contributed by atoms with E-state index < -0.39 is 0 Å². The van der Waals surface area contributed by atoms with Gasteiger partial charge in [0.25, 0.3) is 5.91 Å². The smallest absolute Gasteiger partial charge is 0.276 e. The van der Waals surface area contributed by atoms with Gasteiger partial charge in [-0.25, -0.2) is 0 Å².